The van der Waals surface area contributed by atoms with Crippen LogP contribution >= 0.6 is 0 Å². The van der Waals surface area contributed by atoms with Crippen LogP contribution in [0.25, 0.3) is 110 Å². The molecule has 0 aliphatic rings. The van der Waals surface area contributed by atoms with Crippen molar-refractivity contribution in [1.82, 2.24) is 0 Å². The molecule has 0 saturated carbocycles. The van der Waals surface area contributed by atoms with Gasteiger partial charge in [-0.3, -0.25) is 0 Å². The summed E-state index contributed by atoms with van der Waals surface area (Å²) < 4.78 is 0. The van der Waals surface area contributed by atoms with E-state index in [1.165, 1.54) is 110 Å². The summed E-state index contributed by atoms with van der Waals surface area (Å²) in [5, 5.41) is 7.54. The highest BCUT2D eigenvalue weighted by Gasteiger charge is 2.20. The van der Waals surface area contributed by atoms with Crippen molar-refractivity contribution in [3.05, 3.63) is 243 Å². The van der Waals surface area contributed by atoms with Gasteiger partial charge in [0.25, 0.3) is 0 Å². The van der Waals surface area contributed by atoms with E-state index in [0.29, 0.717) is 0 Å². The van der Waals surface area contributed by atoms with Gasteiger partial charge in [0.15, 0.2) is 0 Å². The minimum Gasteiger partial charge on any atom is -0.0622 e. The molecule has 0 fully saturated rings. The first-order valence-corrected chi connectivity index (χ1v) is 20.7. The smallest absolute Gasteiger partial charge is 0.00199 e. The number of benzene rings is 11. The summed E-state index contributed by atoms with van der Waals surface area (Å²) in [7, 11) is 0. The van der Waals surface area contributed by atoms with Crippen molar-refractivity contribution < 1.29 is 0 Å². The zero-order valence-electron chi connectivity index (χ0n) is 33.1. The third-order valence-electron chi connectivity index (χ3n) is 12.1. The molecule has 0 nitrogen and oxygen atoms in total. The summed E-state index contributed by atoms with van der Waals surface area (Å²) in [6.07, 6.45) is 0. The molecular weight excluding hydrogens is 721 g/mol. The van der Waals surface area contributed by atoms with Gasteiger partial charge in [-0.2, -0.15) is 0 Å². The van der Waals surface area contributed by atoms with Crippen molar-refractivity contribution in [2.75, 3.05) is 0 Å². The van der Waals surface area contributed by atoms with Gasteiger partial charge in [0, 0.05) is 0 Å². The third-order valence-corrected chi connectivity index (χ3v) is 12.1. The quantitative estimate of drug-likeness (QED) is 0.142. The fourth-order valence-electron chi connectivity index (χ4n) is 9.16. The molecule has 0 unspecified atom stereocenters. The van der Waals surface area contributed by atoms with Crippen molar-refractivity contribution >= 4 is 32.3 Å². The van der Waals surface area contributed by atoms with Crippen LogP contribution in [0.2, 0.25) is 0 Å². The highest BCUT2D eigenvalue weighted by molar-refractivity contribution is 6.22. The summed E-state index contributed by atoms with van der Waals surface area (Å²) in [6.45, 7) is 0. The van der Waals surface area contributed by atoms with E-state index in [4.69, 9.17) is 0 Å². The van der Waals surface area contributed by atoms with Gasteiger partial charge in [0.2, 0.25) is 0 Å². The zero-order chi connectivity index (χ0) is 39.8. The lowest BCUT2D eigenvalue weighted by Gasteiger charge is -2.20. The summed E-state index contributed by atoms with van der Waals surface area (Å²) in [5.74, 6) is 0. The molecule has 0 amide bonds. The van der Waals surface area contributed by atoms with Crippen molar-refractivity contribution in [1.29, 1.82) is 0 Å². The summed E-state index contributed by atoms with van der Waals surface area (Å²) >= 11 is 0. The van der Waals surface area contributed by atoms with E-state index in [1.54, 1.807) is 0 Å². The molecule has 0 N–H and O–H groups in total. The maximum atomic E-state index is 2.42. The fraction of sp³-hybridized carbons (Fsp3) is 0. The van der Waals surface area contributed by atoms with Crippen molar-refractivity contribution in [3.8, 4) is 77.9 Å². The topological polar surface area (TPSA) is 0 Å². The van der Waals surface area contributed by atoms with E-state index in [0.717, 1.165) is 0 Å². The molecule has 0 aliphatic carbocycles. The monoisotopic (exact) mass is 760 g/mol. The van der Waals surface area contributed by atoms with E-state index in [2.05, 4.69) is 243 Å². The first-order valence-electron chi connectivity index (χ1n) is 20.7. The second-order valence-electron chi connectivity index (χ2n) is 15.6. The van der Waals surface area contributed by atoms with Crippen LogP contribution in [0.1, 0.15) is 0 Å². The van der Waals surface area contributed by atoms with Crippen LogP contribution < -0.4 is 0 Å². The molecule has 0 aromatic heterocycles. The fourth-order valence-corrected chi connectivity index (χ4v) is 9.16. The Morgan fingerprint density at radius 3 is 1.08 bits per heavy atom. The number of fused-ring (bicyclic) bond motifs is 3. The predicted octanol–water partition coefficient (Wildman–Crippen LogP) is 16.8. The Balaban J connectivity index is 1.04. The molecule has 11 aromatic carbocycles. The standard InChI is InChI=1S/C60H40/c1-3-14-41(15-4-1)42-30-36-48(37-31-42)53-39-38-50(45-28-26-43(27-29-45)44-32-34-47(35-33-44)52-25-13-19-46-16-7-8-20-51(46)52)40-58(53)60-56-23-11-9-21-54(56)59(49-17-5-2-6-18-49)55-22-10-12-24-57(55)60/h1-40H. The van der Waals surface area contributed by atoms with Crippen LogP contribution in [0.5, 0.6) is 0 Å². The lowest BCUT2D eigenvalue weighted by molar-refractivity contribution is 1.56. The largest absolute Gasteiger partial charge is 0.0622 e. The number of hydrogen-bond donors (Lipinski definition) is 0. The lowest BCUT2D eigenvalue weighted by atomic mass is 9.82. The van der Waals surface area contributed by atoms with Gasteiger partial charge in [0.1, 0.15) is 0 Å². The molecule has 0 spiro atoms. The van der Waals surface area contributed by atoms with Crippen LogP contribution in [-0.4, -0.2) is 0 Å². The molecule has 0 bridgehead atoms. The molecule has 0 aliphatic heterocycles. The lowest BCUT2D eigenvalue weighted by Crippen LogP contribution is -1.93. The molecule has 0 radical (unpaired) electrons. The average Bonchev–Trinajstić information content (AvgIpc) is 3.33. The Hall–Kier alpha value is -7.80. The van der Waals surface area contributed by atoms with Crippen molar-refractivity contribution in [3.63, 3.8) is 0 Å². The minimum absolute atomic E-state index is 1.19. The van der Waals surface area contributed by atoms with Gasteiger partial charge >= 0.3 is 0 Å². The van der Waals surface area contributed by atoms with Gasteiger partial charge in [-0.1, -0.05) is 237 Å². The zero-order valence-corrected chi connectivity index (χ0v) is 33.1. The Kier molecular flexibility index (Phi) is 8.95. The molecule has 0 heteroatoms. The Labute approximate surface area is 351 Å². The SMILES string of the molecule is c1ccc(-c2ccc(-c3ccc(-c4ccc(-c5ccc(-c6cccc7ccccc67)cc5)cc4)cc3-c3c4ccccc4c(-c4ccccc4)c4ccccc34)cc2)cc1. The Bertz CT molecular complexity index is 3240. The maximum Gasteiger partial charge on any atom is -0.00199 e. The summed E-state index contributed by atoms with van der Waals surface area (Å²) in [4.78, 5) is 0. The van der Waals surface area contributed by atoms with Crippen LogP contribution in [-0.2, 0) is 0 Å². The van der Waals surface area contributed by atoms with Gasteiger partial charge in [0.05, 0.1) is 0 Å². The summed E-state index contributed by atoms with van der Waals surface area (Å²) in [5.41, 5.74) is 17.1. The van der Waals surface area contributed by atoms with E-state index < -0.39 is 0 Å². The van der Waals surface area contributed by atoms with E-state index in [-0.39, 0.29) is 0 Å². The molecular formula is C60H40. The highest BCUT2D eigenvalue weighted by Crippen LogP contribution is 2.47. The van der Waals surface area contributed by atoms with Crippen LogP contribution in [0.15, 0.2) is 243 Å². The minimum atomic E-state index is 1.19. The van der Waals surface area contributed by atoms with Gasteiger partial charge in [-0.25, -0.2) is 0 Å². The molecule has 280 valence electrons. The molecule has 0 saturated heterocycles. The van der Waals surface area contributed by atoms with Crippen LogP contribution in [0.4, 0.5) is 0 Å². The normalized spacial score (nSPS) is 11.3. The van der Waals surface area contributed by atoms with Crippen molar-refractivity contribution in [2.45, 2.75) is 0 Å². The second kappa shape index (κ2) is 15.2. The molecule has 11 aromatic rings. The molecule has 0 atom stereocenters. The van der Waals surface area contributed by atoms with Crippen LogP contribution in [0.3, 0.4) is 0 Å². The third kappa shape index (κ3) is 6.36. The maximum absolute atomic E-state index is 2.42. The van der Waals surface area contributed by atoms with Crippen molar-refractivity contribution in [2.24, 2.45) is 0 Å². The molecule has 60 heavy (non-hydrogen) atoms. The van der Waals surface area contributed by atoms with E-state index in [9.17, 15) is 0 Å². The number of hydrogen-bond acceptors (Lipinski definition) is 0. The Morgan fingerprint density at radius 1 is 0.167 bits per heavy atom. The first kappa shape index (κ1) is 35.4. The van der Waals surface area contributed by atoms with E-state index in [1.807, 2.05) is 0 Å². The molecule has 0 heterocycles. The summed E-state index contributed by atoms with van der Waals surface area (Å²) in [6, 6.07) is 88.7. The van der Waals surface area contributed by atoms with Crippen LogP contribution in [0, 0.1) is 0 Å². The van der Waals surface area contributed by atoms with Gasteiger partial charge < -0.3 is 0 Å². The molecule has 11 rings (SSSR count). The second-order valence-corrected chi connectivity index (χ2v) is 15.6. The van der Waals surface area contributed by atoms with Gasteiger partial charge in [-0.05, 0) is 116 Å². The predicted molar refractivity (Wildman–Crippen MR) is 257 cm³/mol. The first-order chi connectivity index (χ1) is 29.8. The van der Waals surface area contributed by atoms with E-state index >= 15 is 0 Å². The van der Waals surface area contributed by atoms with Gasteiger partial charge in [-0.15, -0.1) is 0 Å². The number of rotatable bonds is 7. The average molecular weight is 761 g/mol. The highest BCUT2D eigenvalue weighted by atomic mass is 14.2. The Morgan fingerprint density at radius 2 is 0.533 bits per heavy atom.